The Bertz CT molecular complexity index is 1490. The molecule has 1 amide bonds. The maximum Gasteiger partial charge on any atom is 0.296 e. The summed E-state index contributed by atoms with van der Waals surface area (Å²) in [6.07, 6.45) is 1.65. The summed E-state index contributed by atoms with van der Waals surface area (Å²) in [5, 5.41) is 13.4. The van der Waals surface area contributed by atoms with E-state index in [4.69, 9.17) is 4.74 Å². The number of ether oxygens (including phenoxy) is 1. The lowest BCUT2D eigenvalue weighted by Crippen LogP contribution is -2.29. The van der Waals surface area contributed by atoms with Gasteiger partial charge in [-0.3, -0.25) is 14.6 Å². The van der Waals surface area contributed by atoms with E-state index >= 15 is 0 Å². The van der Waals surface area contributed by atoms with Crippen LogP contribution in [-0.2, 0) is 16.1 Å². The molecule has 3 aromatic carbocycles. The van der Waals surface area contributed by atoms with Gasteiger partial charge in [-0.1, -0.05) is 68.4 Å². The smallest absolute Gasteiger partial charge is 0.296 e. The van der Waals surface area contributed by atoms with Crippen molar-refractivity contribution in [3.8, 4) is 5.75 Å². The Kier molecular flexibility index (Phi) is 6.73. The number of benzene rings is 3. The minimum Gasteiger partial charge on any atom is -0.507 e. The number of nitrogens with zero attached hydrogens (tertiary/aromatic N) is 2. The van der Waals surface area contributed by atoms with Crippen LogP contribution in [0.3, 0.4) is 0 Å². The number of hydrogen-bond acceptors (Lipinski definition) is 5. The highest BCUT2D eigenvalue weighted by Crippen LogP contribution is 2.41. The number of Topliss-reactive ketones (excluding diaryl/α,β-unsaturated/α-hetero) is 1. The zero-order valence-corrected chi connectivity index (χ0v) is 20.8. The van der Waals surface area contributed by atoms with Crippen LogP contribution in [0.1, 0.15) is 36.7 Å². The van der Waals surface area contributed by atoms with Crippen LogP contribution in [0.15, 0.2) is 96.7 Å². The maximum absolute atomic E-state index is 13.4. The van der Waals surface area contributed by atoms with E-state index in [1.165, 1.54) is 4.90 Å². The van der Waals surface area contributed by atoms with Gasteiger partial charge in [-0.05, 0) is 52.6 Å². The number of amides is 1. The zero-order valence-electron chi connectivity index (χ0n) is 20.8. The number of aliphatic hydroxyl groups excluding tert-OH is 1. The fraction of sp³-hybridized carbons (Fsp3) is 0.194. The molecule has 1 fully saturated rings. The fourth-order valence-electron chi connectivity index (χ4n) is 4.59. The van der Waals surface area contributed by atoms with Crippen LogP contribution in [0.25, 0.3) is 16.5 Å². The monoisotopic (exact) mass is 492 g/mol. The molecule has 5 rings (SSSR count). The first-order valence-electron chi connectivity index (χ1n) is 12.3. The Morgan fingerprint density at radius 1 is 0.946 bits per heavy atom. The number of aliphatic hydroxyl groups is 1. The van der Waals surface area contributed by atoms with Crippen molar-refractivity contribution in [2.75, 3.05) is 6.61 Å². The summed E-state index contributed by atoms with van der Waals surface area (Å²) in [6, 6.07) is 25.3. The Labute approximate surface area is 215 Å². The number of carbonyl (C=O) groups excluding carboxylic acids is 2. The molecule has 0 radical (unpaired) electrons. The minimum atomic E-state index is -0.795. The Morgan fingerprint density at radius 2 is 1.73 bits per heavy atom. The second kappa shape index (κ2) is 10.3. The van der Waals surface area contributed by atoms with E-state index in [0.717, 1.165) is 10.8 Å². The van der Waals surface area contributed by atoms with E-state index in [0.29, 0.717) is 35.1 Å². The van der Waals surface area contributed by atoms with Gasteiger partial charge in [0.25, 0.3) is 11.7 Å². The molecule has 0 bridgehead atoms. The fourth-order valence-corrected chi connectivity index (χ4v) is 4.59. The van der Waals surface area contributed by atoms with Crippen molar-refractivity contribution < 1.29 is 19.4 Å². The molecular weight excluding hydrogens is 464 g/mol. The summed E-state index contributed by atoms with van der Waals surface area (Å²) < 4.78 is 5.92. The first-order valence-corrected chi connectivity index (χ1v) is 12.3. The highest BCUT2D eigenvalue weighted by molar-refractivity contribution is 6.46. The number of ketones is 1. The van der Waals surface area contributed by atoms with E-state index in [2.05, 4.69) is 18.8 Å². The molecule has 0 saturated carbocycles. The Morgan fingerprint density at radius 3 is 2.49 bits per heavy atom. The largest absolute Gasteiger partial charge is 0.507 e. The predicted molar refractivity (Wildman–Crippen MR) is 143 cm³/mol. The maximum atomic E-state index is 13.4. The van der Waals surface area contributed by atoms with Crippen molar-refractivity contribution in [3.63, 3.8) is 0 Å². The first kappa shape index (κ1) is 24.3. The molecule has 4 aromatic rings. The van der Waals surface area contributed by atoms with Gasteiger partial charge in [0.1, 0.15) is 11.5 Å². The van der Waals surface area contributed by atoms with Crippen LogP contribution < -0.4 is 4.74 Å². The molecular formula is C31H28N2O4. The van der Waals surface area contributed by atoms with Crippen molar-refractivity contribution in [1.29, 1.82) is 0 Å². The van der Waals surface area contributed by atoms with Crippen molar-refractivity contribution in [3.05, 3.63) is 114 Å². The zero-order chi connectivity index (χ0) is 25.9. The molecule has 186 valence electrons. The second-order valence-corrected chi connectivity index (χ2v) is 9.59. The van der Waals surface area contributed by atoms with Gasteiger partial charge in [-0.2, -0.15) is 0 Å². The first-order chi connectivity index (χ1) is 17.9. The number of pyridine rings is 1. The van der Waals surface area contributed by atoms with Crippen molar-refractivity contribution in [2.24, 2.45) is 5.92 Å². The summed E-state index contributed by atoms with van der Waals surface area (Å²) >= 11 is 0. The van der Waals surface area contributed by atoms with Gasteiger partial charge < -0.3 is 14.7 Å². The summed E-state index contributed by atoms with van der Waals surface area (Å²) in [6.45, 7) is 4.79. The molecule has 1 aliphatic heterocycles. The standard InChI is InChI=1S/C31H28N2O4/c1-20(2)19-37-26-12-7-10-23(17-26)28-27(29(34)24-14-13-21-8-3-4-9-22(21)16-24)30(35)31(36)33(28)18-25-11-5-6-15-32-25/h3-17,20,28,34H,18-19H2,1-2H3/b29-27-. The van der Waals surface area contributed by atoms with Gasteiger partial charge in [0, 0.05) is 11.8 Å². The quantitative estimate of drug-likeness (QED) is 0.198. The van der Waals surface area contributed by atoms with Crippen LogP contribution in [0.4, 0.5) is 0 Å². The predicted octanol–water partition coefficient (Wildman–Crippen LogP) is 5.89. The molecule has 6 nitrogen and oxygen atoms in total. The summed E-state index contributed by atoms with van der Waals surface area (Å²) in [4.78, 5) is 32.6. The third kappa shape index (κ3) is 4.96. The van der Waals surface area contributed by atoms with Gasteiger partial charge in [0.05, 0.1) is 30.5 Å². The third-order valence-electron chi connectivity index (χ3n) is 6.38. The topological polar surface area (TPSA) is 79.7 Å². The highest BCUT2D eigenvalue weighted by atomic mass is 16.5. The van der Waals surface area contributed by atoms with E-state index in [1.54, 1.807) is 18.3 Å². The molecule has 37 heavy (non-hydrogen) atoms. The van der Waals surface area contributed by atoms with Gasteiger partial charge in [-0.15, -0.1) is 0 Å². The van der Waals surface area contributed by atoms with Gasteiger partial charge in [-0.25, -0.2) is 0 Å². The lowest BCUT2D eigenvalue weighted by molar-refractivity contribution is -0.140. The lowest BCUT2D eigenvalue weighted by Gasteiger charge is -2.25. The molecule has 1 saturated heterocycles. The SMILES string of the molecule is CC(C)COc1cccc(C2/C(=C(/O)c3ccc4ccccc4c3)C(=O)C(=O)N2Cc2ccccn2)c1. The summed E-state index contributed by atoms with van der Waals surface area (Å²) in [5.41, 5.74) is 1.86. The molecule has 1 aliphatic rings. The van der Waals surface area contributed by atoms with Gasteiger partial charge in [0.15, 0.2) is 0 Å². The summed E-state index contributed by atoms with van der Waals surface area (Å²) in [7, 11) is 0. The average molecular weight is 493 g/mol. The normalized spacial score (nSPS) is 17.1. The average Bonchev–Trinajstić information content (AvgIpc) is 3.17. The molecule has 0 spiro atoms. The van der Waals surface area contributed by atoms with E-state index in [-0.39, 0.29) is 17.9 Å². The number of aromatic nitrogens is 1. The van der Waals surface area contributed by atoms with Crippen molar-refractivity contribution in [1.82, 2.24) is 9.88 Å². The van der Waals surface area contributed by atoms with Crippen molar-refractivity contribution >= 4 is 28.2 Å². The van der Waals surface area contributed by atoms with Crippen LogP contribution >= 0.6 is 0 Å². The minimum absolute atomic E-state index is 0.0530. The lowest BCUT2D eigenvalue weighted by atomic mass is 9.94. The van der Waals surface area contributed by atoms with E-state index < -0.39 is 17.7 Å². The molecule has 1 N–H and O–H groups in total. The third-order valence-corrected chi connectivity index (χ3v) is 6.38. The number of hydrogen-bond donors (Lipinski definition) is 1. The van der Waals surface area contributed by atoms with E-state index in [1.807, 2.05) is 72.8 Å². The number of rotatable bonds is 7. The van der Waals surface area contributed by atoms with Crippen LogP contribution in [0.2, 0.25) is 0 Å². The summed E-state index contributed by atoms with van der Waals surface area (Å²) in [5.74, 6) is -0.621. The molecule has 6 heteroatoms. The number of likely N-dealkylation sites (tertiary alicyclic amines) is 1. The number of fused-ring (bicyclic) bond motifs is 1. The molecule has 1 unspecified atom stereocenters. The second-order valence-electron chi connectivity index (χ2n) is 9.59. The molecule has 1 atom stereocenters. The molecule has 1 aromatic heterocycles. The Balaban J connectivity index is 1.63. The Hall–Kier alpha value is -4.45. The molecule has 0 aliphatic carbocycles. The highest BCUT2D eigenvalue weighted by Gasteiger charge is 2.46. The molecule has 2 heterocycles. The van der Waals surface area contributed by atoms with Gasteiger partial charge >= 0.3 is 0 Å². The van der Waals surface area contributed by atoms with Crippen molar-refractivity contribution in [2.45, 2.75) is 26.4 Å². The van der Waals surface area contributed by atoms with Gasteiger partial charge in [0.2, 0.25) is 0 Å². The number of carbonyl (C=O) groups is 2. The van der Waals surface area contributed by atoms with E-state index in [9.17, 15) is 14.7 Å². The van der Waals surface area contributed by atoms with Crippen LogP contribution in [0.5, 0.6) is 5.75 Å². The van der Waals surface area contributed by atoms with Crippen LogP contribution in [0, 0.1) is 5.92 Å². The van der Waals surface area contributed by atoms with Crippen LogP contribution in [-0.4, -0.2) is 33.3 Å².